The summed E-state index contributed by atoms with van der Waals surface area (Å²) in [5, 5.41) is 9.67. The van der Waals surface area contributed by atoms with E-state index in [0.29, 0.717) is 12.8 Å². The number of carbonyl (C=O) groups is 2. The zero-order valence-corrected chi connectivity index (χ0v) is 10.8. The van der Waals surface area contributed by atoms with Crippen LogP contribution < -0.4 is 5.32 Å². The Bertz CT molecular complexity index is 518. The van der Waals surface area contributed by atoms with E-state index in [9.17, 15) is 18.4 Å². The number of esters is 1. The fraction of sp³-hybridized carbons (Fsp3) is 0.636. The standard InChI is InChI=1S/C11H14F2N4O3/c1-2-20-11(19)8-9(10(12)13)17(16-15-8)5-6-3-4-7(18)14-6/h6,10H,2-5H2,1H3,(H,14,18). The third-order valence-electron chi connectivity index (χ3n) is 2.93. The summed E-state index contributed by atoms with van der Waals surface area (Å²) >= 11 is 0. The summed E-state index contributed by atoms with van der Waals surface area (Å²) in [5.41, 5.74) is -1.06. The van der Waals surface area contributed by atoms with Crippen LogP contribution in [0.5, 0.6) is 0 Å². The molecule has 2 rings (SSSR count). The molecule has 110 valence electrons. The summed E-state index contributed by atoms with van der Waals surface area (Å²) in [5.74, 6) is -1.05. The van der Waals surface area contributed by atoms with Crippen molar-refractivity contribution in [1.29, 1.82) is 0 Å². The highest BCUT2D eigenvalue weighted by Gasteiger charge is 2.30. The van der Waals surface area contributed by atoms with Gasteiger partial charge in [-0.3, -0.25) is 4.79 Å². The lowest BCUT2D eigenvalue weighted by atomic mass is 10.2. The minimum Gasteiger partial charge on any atom is -0.461 e. The van der Waals surface area contributed by atoms with Crippen LogP contribution in [-0.4, -0.2) is 39.5 Å². The molecule has 20 heavy (non-hydrogen) atoms. The SMILES string of the molecule is CCOC(=O)c1nnn(CC2CCC(=O)N2)c1C(F)F. The largest absolute Gasteiger partial charge is 0.461 e. The number of hydrogen-bond donors (Lipinski definition) is 1. The second-order valence-corrected chi connectivity index (χ2v) is 4.33. The molecular formula is C11H14F2N4O3. The number of nitrogens with one attached hydrogen (secondary N) is 1. The quantitative estimate of drug-likeness (QED) is 0.805. The molecule has 1 aliphatic rings. The Morgan fingerprint density at radius 1 is 1.60 bits per heavy atom. The summed E-state index contributed by atoms with van der Waals surface area (Å²) in [4.78, 5) is 22.6. The average Bonchev–Trinajstić information content (AvgIpc) is 2.96. The molecule has 1 aromatic heterocycles. The van der Waals surface area contributed by atoms with Crippen molar-refractivity contribution in [3.8, 4) is 0 Å². The van der Waals surface area contributed by atoms with E-state index in [1.807, 2.05) is 0 Å². The molecule has 1 aromatic rings. The van der Waals surface area contributed by atoms with Crippen molar-refractivity contribution < 1.29 is 23.1 Å². The number of halogens is 2. The Morgan fingerprint density at radius 3 is 2.90 bits per heavy atom. The highest BCUT2D eigenvalue weighted by atomic mass is 19.3. The van der Waals surface area contributed by atoms with Gasteiger partial charge in [0.15, 0.2) is 5.69 Å². The van der Waals surface area contributed by atoms with E-state index in [1.165, 1.54) is 0 Å². The van der Waals surface area contributed by atoms with Crippen molar-refractivity contribution in [2.24, 2.45) is 0 Å². The molecule has 1 aliphatic heterocycles. The zero-order chi connectivity index (χ0) is 14.7. The zero-order valence-electron chi connectivity index (χ0n) is 10.8. The summed E-state index contributed by atoms with van der Waals surface area (Å²) in [6, 6.07) is -0.281. The molecule has 0 spiro atoms. The highest BCUT2D eigenvalue weighted by molar-refractivity contribution is 5.88. The van der Waals surface area contributed by atoms with Crippen molar-refractivity contribution in [3.63, 3.8) is 0 Å². The van der Waals surface area contributed by atoms with Gasteiger partial charge in [-0.2, -0.15) is 0 Å². The smallest absolute Gasteiger partial charge is 0.361 e. The predicted molar refractivity (Wildman–Crippen MR) is 62.1 cm³/mol. The van der Waals surface area contributed by atoms with E-state index in [-0.39, 0.29) is 25.1 Å². The lowest BCUT2D eigenvalue weighted by molar-refractivity contribution is -0.119. The third-order valence-corrected chi connectivity index (χ3v) is 2.93. The second kappa shape index (κ2) is 5.93. The van der Waals surface area contributed by atoms with Crippen LogP contribution in [0.15, 0.2) is 0 Å². The first-order valence-corrected chi connectivity index (χ1v) is 6.21. The Morgan fingerprint density at radius 2 is 2.35 bits per heavy atom. The molecular weight excluding hydrogens is 274 g/mol. The predicted octanol–water partition coefficient (Wildman–Crippen LogP) is 0.671. The monoisotopic (exact) mass is 288 g/mol. The molecule has 1 unspecified atom stereocenters. The van der Waals surface area contributed by atoms with Gasteiger partial charge in [0.1, 0.15) is 5.69 Å². The van der Waals surface area contributed by atoms with Crippen LogP contribution in [0.3, 0.4) is 0 Å². The molecule has 0 aliphatic carbocycles. The lowest BCUT2D eigenvalue weighted by Crippen LogP contribution is -2.30. The molecule has 1 fully saturated rings. The van der Waals surface area contributed by atoms with Gasteiger partial charge in [0, 0.05) is 12.5 Å². The fourth-order valence-corrected chi connectivity index (χ4v) is 2.04. The summed E-state index contributed by atoms with van der Waals surface area (Å²) in [6.07, 6.45) is -2.01. The van der Waals surface area contributed by atoms with Crippen molar-refractivity contribution in [3.05, 3.63) is 11.4 Å². The van der Waals surface area contributed by atoms with E-state index in [4.69, 9.17) is 0 Å². The normalized spacial score (nSPS) is 18.4. The van der Waals surface area contributed by atoms with E-state index in [0.717, 1.165) is 4.68 Å². The number of nitrogens with zero attached hydrogens (tertiary/aromatic N) is 3. The Kier molecular flexibility index (Phi) is 4.26. The number of ether oxygens (including phenoxy) is 1. The number of alkyl halides is 2. The van der Waals surface area contributed by atoms with Gasteiger partial charge in [0.05, 0.1) is 13.2 Å². The van der Waals surface area contributed by atoms with Crippen LogP contribution in [0.2, 0.25) is 0 Å². The van der Waals surface area contributed by atoms with Gasteiger partial charge >= 0.3 is 5.97 Å². The van der Waals surface area contributed by atoms with E-state index < -0.39 is 23.8 Å². The van der Waals surface area contributed by atoms with E-state index in [2.05, 4.69) is 20.4 Å². The fourth-order valence-electron chi connectivity index (χ4n) is 2.04. The molecule has 1 amide bonds. The van der Waals surface area contributed by atoms with Gasteiger partial charge in [0.25, 0.3) is 6.43 Å². The summed E-state index contributed by atoms with van der Waals surface area (Å²) in [7, 11) is 0. The molecule has 0 radical (unpaired) electrons. The maximum Gasteiger partial charge on any atom is 0.361 e. The summed E-state index contributed by atoms with van der Waals surface area (Å²) < 4.78 is 31.8. The van der Waals surface area contributed by atoms with Crippen LogP contribution >= 0.6 is 0 Å². The van der Waals surface area contributed by atoms with Crippen molar-refractivity contribution in [2.75, 3.05) is 6.61 Å². The van der Waals surface area contributed by atoms with Crippen molar-refractivity contribution in [2.45, 2.75) is 38.8 Å². The lowest BCUT2D eigenvalue weighted by Gasteiger charge is -2.12. The van der Waals surface area contributed by atoms with Crippen molar-refractivity contribution in [1.82, 2.24) is 20.3 Å². The van der Waals surface area contributed by atoms with Crippen molar-refractivity contribution >= 4 is 11.9 Å². The van der Waals surface area contributed by atoms with E-state index in [1.54, 1.807) is 6.92 Å². The minimum absolute atomic E-state index is 0.0534. The average molecular weight is 288 g/mol. The summed E-state index contributed by atoms with van der Waals surface area (Å²) in [6.45, 7) is 1.68. The molecule has 0 aromatic carbocycles. The maximum atomic E-state index is 13.1. The first-order chi connectivity index (χ1) is 9.52. The van der Waals surface area contributed by atoms with Crippen LogP contribution in [0.4, 0.5) is 8.78 Å². The molecule has 9 heteroatoms. The second-order valence-electron chi connectivity index (χ2n) is 4.33. The van der Waals surface area contributed by atoms with Gasteiger partial charge < -0.3 is 10.1 Å². The van der Waals surface area contributed by atoms with Crippen LogP contribution in [0, 0.1) is 0 Å². The Labute approximate surface area is 113 Å². The maximum absolute atomic E-state index is 13.1. The first-order valence-electron chi connectivity index (χ1n) is 6.21. The highest BCUT2D eigenvalue weighted by Crippen LogP contribution is 2.23. The van der Waals surface area contributed by atoms with Crippen LogP contribution in [-0.2, 0) is 16.1 Å². The Hall–Kier alpha value is -2.06. The molecule has 1 atom stereocenters. The van der Waals surface area contributed by atoms with Crippen LogP contribution in [0.1, 0.15) is 42.4 Å². The third kappa shape index (κ3) is 2.91. The van der Waals surface area contributed by atoms with Crippen LogP contribution in [0.25, 0.3) is 0 Å². The molecule has 0 saturated carbocycles. The van der Waals surface area contributed by atoms with Gasteiger partial charge in [-0.15, -0.1) is 5.10 Å². The number of aromatic nitrogens is 3. The van der Waals surface area contributed by atoms with Gasteiger partial charge in [-0.05, 0) is 13.3 Å². The molecule has 2 heterocycles. The number of rotatable bonds is 5. The van der Waals surface area contributed by atoms with E-state index >= 15 is 0 Å². The van der Waals surface area contributed by atoms with Gasteiger partial charge in [0.2, 0.25) is 5.91 Å². The topological polar surface area (TPSA) is 86.1 Å². The number of amides is 1. The van der Waals surface area contributed by atoms with Gasteiger partial charge in [-0.25, -0.2) is 18.3 Å². The first kappa shape index (κ1) is 14.4. The minimum atomic E-state index is -2.90. The number of hydrogen-bond acceptors (Lipinski definition) is 5. The Balaban J connectivity index is 2.20. The van der Waals surface area contributed by atoms with Gasteiger partial charge in [-0.1, -0.05) is 5.21 Å². The molecule has 0 bridgehead atoms. The molecule has 7 nitrogen and oxygen atoms in total. The molecule has 1 N–H and O–H groups in total. The molecule has 1 saturated heterocycles. The number of carbonyl (C=O) groups excluding carboxylic acids is 2.